The van der Waals surface area contributed by atoms with Crippen LogP contribution in [-0.2, 0) is 4.79 Å². The van der Waals surface area contributed by atoms with Crippen LogP contribution in [0.3, 0.4) is 0 Å². The monoisotopic (exact) mass is 160 g/mol. The van der Waals surface area contributed by atoms with Crippen LogP contribution < -0.4 is 0 Å². The molecule has 0 fully saturated rings. The number of ketones is 1. The second-order valence-electron chi connectivity index (χ2n) is 2.80. The Bertz CT molecular complexity index is 275. The van der Waals surface area contributed by atoms with Gasteiger partial charge in [-0.2, -0.15) is 0 Å². The summed E-state index contributed by atoms with van der Waals surface area (Å²) in [6, 6.07) is 0. The summed E-state index contributed by atoms with van der Waals surface area (Å²) in [6.07, 6.45) is 12.4. The summed E-state index contributed by atoms with van der Waals surface area (Å²) in [5.41, 5.74) is 3.02. The van der Waals surface area contributed by atoms with Gasteiger partial charge in [-0.25, -0.2) is 0 Å². The van der Waals surface area contributed by atoms with E-state index in [4.69, 9.17) is 0 Å². The molecule has 0 radical (unpaired) electrons. The fourth-order valence-corrected chi connectivity index (χ4v) is 1.000. The second kappa shape index (κ2) is 4.53. The molecule has 1 rings (SSSR count). The van der Waals surface area contributed by atoms with Crippen molar-refractivity contribution in [2.24, 2.45) is 5.92 Å². The van der Waals surface area contributed by atoms with Crippen LogP contribution in [0.15, 0.2) is 42.2 Å². The fourth-order valence-electron chi connectivity index (χ4n) is 1.000. The zero-order chi connectivity index (χ0) is 8.81. The van der Waals surface area contributed by atoms with E-state index >= 15 is 0 Å². The lowest BCUT2D eigenvalue weighted by Gasteiger charge is -1.99. The van der Waals surface area contributed by atoms with Crippen molar-refractivity contribution in [1.82, 2.24) is 0 Å². The first-order chi connectivity index (χ1) is 5.79. The van der Waals surface area contributed by atoms with Crippen molar-refractivity contribution in [3.05, 3.63) is 42.2 Å². The molecule has 0 N–H and O–H groups in total. The summed E-state index contributed by atoms with van der Waals surface area (Å²) in [5, 5.41) is 0. The van der Waals surface area contributed by atoms with Crippen molar-refractivity contribution in [3.63, 3.8) is 0 Å². The highest BCUT2D eigenvalue weighted by Crippen LogP contribution is 2.09. The fraction of sp³-hybridized carbons (Fsp3) is 0.273. The zero-order valence-electron chi connectivity index (χ0n) is 7.16. The van der Waals surface area contributed by atoms with Gasteiger partial charge in [-0.1, -0.05) is 18.2 Å². The Hall–Kier alpha value is -1.33. The van der Waals surface area contributed by atoms with Crippen LogP contribution >= 0.6 is 0 Å². The molecule has 1 nitrogen and oxygen atoms in total. The maximum absolute atomic E-state index is 10.6. The number of hydrogen-bond donors (Lipinski definition) is 0. The van der Waals surface area contributed by atoms with Gasteiger partial charge in [0, 0.05) is 5.92 Å². The molecule has 12 heavy (non-hydrogen) atoms. The van der Waals surface area contributed by atoms with E-state index in [1.54, 1.807) is 13.0 Å². The topological polar surface area (TPSA) is 17.1 Å². The minimum atomic E-state index is 0.0978. The highest BCUT2D eigenvalue weighted by atomic mass is 16.1. The number of rotatable bonds is 2. The largest absolute Gasteiger partial charge is 0.295 e. The molecule has 0 aromatic carbocycles. The molecule has 0 saturated heterocycles. The average molecular weight is 160 g/mol. The van der Waals surface area contributed by atoms with Crippen LogP contribution in [0.25, 0.3) is 0 Å². The molecule has 1 aliphatic rings. The van der Waals surface area contributed by atoms with Crippen LogP contribution in [0.4, 0.5) is 0 Å². The molecule has 1 atom stereocenters. The number of carbonyl (C=O) groups excluding carboxylic acids is 1. The van der Waals surface area contributed by atoms with Gasteiger partial charge in [0.05, 0.1) is 0 Å². The molecule has 0 aliphatic heterocycles. The van der Waals surface area contributed by atoms with Crippen LogP contribution in [0.5, 0.6) is 0 Å². The lowest BCUT2D eigenvalue weighted by Crippen LogP contribution is -1.90. The maximum atomic E-state index is 10.6. The highest BCUT2D eigenvalue weighted by molar-refractivity contribution is 5.87. The van der Waals surface area contributed by atoms with Gasteiger partial charge in [0.15, 0.2) is 5.78 Å². The van der Waals surface area contributed by atoms with Gasteiger partial charge < -0.3 is 0 Å². The number of allylic oxidation sites excluding steroid dienone is 5. The zero-order valence-corrected chi connectivity index (χ0v) is 7.16. The van der Waals surface area contributed by atoms with E-state index in [-0.39, 0.29) is 5.78 Å². The van der Waals surface area contributed by atoms with Gasteiger partial charge >= 0.3 is 0 Å². The highest BCUT2D eigenvalue weighted by Gasteiger charge is 1.97. The molecular weight excluding hydrogens is 148 g/mol. The van der Waals surface area contributed by atoms with E-state index in [1.165, 1.54) is 0 Å². The van der Waals surface area contributed by atoms with Crippen LogP contribution in [0.1, 0.15) is 13.3 Å². The molecule has 1 heteroatoms. The van der Waals surface area contributed by atoms with Gasteiger partial charge in [0.25, 0.3) is 0 Å². The van der Waals surface area contributed by atoms with Crippen LogP contribution in [-0.4, -0.2) is 5.78 Å². The Morgan fingerprint density at radius 1 is 1.67 bits per heavy atom. The number of hydrogen-bond acceptors (Lipinski definition) is 1. The molecule has 1 unspecified atom stereocenters. The summed E-state index contributed by atoms with van der Waals surface area (Å²) in [4.78, 5) is 10.6. The quantitative estimate of drug-likeness (QED) is 0.448. The van der Waals surface area contributed by atoms with E-state index in [9.17, 15) is 4.79 Å². The van der Waals surface area contributed by atoms with Crippen molar-refractivity contribution in [3.8, 4) is 0 Å². The summed E-state index contributed by atoms with van der Waals surface area (Å²) < 4.78 is 0. The predicted octanol–water partition coefficient (Wildman–Crippen LogP) is 2.42. The SMILES string of the molecule is CC(=O)C=CC1C=C=CC=CC1. The third-order valence-electron chi connectivity index (χ3n) is 1.63. The smallest absolute Gasteiger partial charge is 0.152 e. The Kier molecular flexibility index (Phi) is 3.31. The van der Waals surface area contributed by atoms with E-state index in [1.807, 2.05) is 24.3 Å². The second-order valence-corrected chi connectivity index (χ2v) is 2.80. The Morgan fingerprint density at radius 2 is 2.50 bits per heavy atom. The van der Waals surface area contributed by atoms with E-state index in [0.29, 0.717) is 5.92 Å². The molecule has 0 amide bonds. The third kappa shape index (κ3) is 3.18. The molecule has 0 aromatic rings. The van der Waals surface area contributed by atoms with Crippen LogP contribution in [0.2, 0.25) is 0 Å². The molecular formula is C11H12O. The first-order valence-electron chi connectivity index (χ1n) is 4.05. The number of carbonyl (C=O) groups is 1. The van der Waals surface area contributed by atoms with Crippen LogP contribution in [0, 0.1) is 5.92 Å². The van der Waals surface area contributed by atoms with Gasteiger partial charge in [0.1, 0.15) is 0 Å². The molecule has 0 bridgehead atoms. The van der Waals surface area contributed by atoms with Crippen molar-refractivity contribution >= 4 is 5.78 Å². The van der Waals surface area contributed by atoms with Crippen molar-refractivity contribution in [2.75, 3.05) is 0 Å². The van der Waals surface area contributed by atoms with Gasteiger partial charge in [-0.05, 0) is 31.6 Å². The molecule has 62 valence electrons. The third-order valence-corrected chi connectivity index (χ3v) is 1.63. The summed E-state index contributed by atoms with van der Waals surface area (Å²) in [5.74, 6) is 0.421. The Labute approximate surface area is 72.8 Å². The Balaban J connectivity index is 2.59. The normalized spacial score (nSPS) is 21.6. The molecule has 0 heterocycles. The lowest BCUT2D eigenvalue weighted by atomic mass is 10.1. The summed E-state index contributed by atoms with van der Waals surface area (Å²) in [7, 11) is 0. The standard InChI is InChI=1S/C11H12O/c1-10(12)8-9-11-6-4-2-3-5-7-11/h2-4,7-9,11H,6H2,1H3. The van der Waals surface area contributed by atoms with E-state index < -0.39 is 0 Å². The van der Waals surface area contributed by atoms with Crippen molar-refractivity contribution in [2.45, 2.75) is 13.3 Å². The predicted molar refractivity (Wildman–Crippen MR) is 49.7 cm³/mol. The lowest BCUT2D eigenvalue weighted by molar-refractivity contribution is -0.112. The molecule has 0 saturated carbocycles. The van der Waals surface area contributed by atoms with Gasteiger partial charge in [-0.3, -0.25) is 4.79 Å². The summed E-state index contributed by atoms with van der Waals surface area (Å²) >= 11 is 0. The Morgan fingerprint density at radius 3 is 3.25 bits per heavy atom. The van der Waals surface area contributed by atoms with E-state index in [2.05, 4.69) is 11.8 Å². The van der Waals surface area contributed by atoms with Gasteiger partial charge in [0.2, 0.25) is 0 Å². The average Bonchev–Trinajstić information content (AvgIpc) is 2.28. The summed E-state index contributed by atoms with van der Waals surface area (Å²) in [6.45, 7) is 1.56. The first-order valence-corrected chi connectivity index (χ1v) is 4.05. The first kappa shape index (κ1) is 8.76. The molecule has 0 spiro atoms. The van der Waals surface area contributed by atoms with E-state index in [0.717, 1.165) is 6.42 Å². The van der Waals surface area contributed by atoms with Crippen molar-refractivity contribution in [1.29, 1.82) is 0 Å². The minimum Gasteiger partial charge on any atom is -0.295 e. The molecule has 0 aromatic heterocycles. The maximum Gasteiger partial charge on any atom is 0.152 e. The van der Waals surface area contributed by atoms with Crippen molar-refractivity contribution < 1.29 is 4.79 Å². The molecule has 1 aliphatic carbocycles. The minimum absolute atomic E-state index is 0.0978. The van der Waals surface area contributed by atoms with Gasteiger partial charge in [-0.15, -0.1) is 5.73 Å².